The molecule has 4 aromatic carbocycles. The first kappa shape index (κ1) is 21.7. The minimum absolute atomic E-state index is 0.161. The van der Waals surface area contributed by atoms with E-state index in [0.29, 0.717) is 22.9 Å². The Morgan fingerprint density at radius 2 is 1.53 bits per heavy atom. The van der Waals surface area contributed by atoms with Gasteiger partial charge in [-0.15, -0.1) is 0 Å². The zero-order valence-corrected chi connectivity index (χ0v) is 19.0. The van der Waals surface area contributed by atoms with Gasteiger partial charge in [-0.25, -0.2) is 0 Å². The van der Waals surface area contributed by atoms with E-state index in [9.17, 15) is 4.79 Å². The maximum absolute atomic E-state index is 13.4. The molecule has 4 aromatic rings. The molecule has 166 valence electrons. The number of amides is 1. The van der Waals surface area contributed by atoms with Crippen LogP contribution in [0.5, 0.6) is 5.75 Å². The second-order valence-electron chi connectivity index (χ2n) is 7.81. The summed E-state index contributed by atoms with van der Waals surface area (Å²) >= 11 is 6.04. The molecule has 0 aromatic heterocycles. The second kappa shape index (κ2) is 9.77. The SMILES string of the molecule is O=C1/C(=C\c2ccc(OCc3cccc(Cl)c3)cc2)C(c2ccccc2)=NN1c1ccccc1. The van der Waals surface area contributed by atoms with Crippen LogP contribution in [0.2, 0.25) is 5.02 Å². The summed E-state index contributed by atoms with van der Waals surface area (Å²) < 4.78 is 5.88. The quantitative estimate of drug-likeness (QED) is 0.296. The monoisotopic (exact) mass is 464 g/mol. The highest BCUT2D eigenvalue weighted by Gasteiger charge is 2.31. The lowest BCUT2D eigenvalue weighted by atomic mass is 10.0. The molecule has 0 saturated heterocycles. The number of nitrogens with zero attached hydrogens (tertiary/aromatic N) is 2. The van der Waals surface area contributed by atoms with Gasteiger partial charge in [-0.3, -0.25) is 4.79 Å². The van der Waals surface area contributed by atoms with E-state index in [-0.39, 0.29) is 5.91 Å². The highest BCUT2D eigenvalue weighted by atomic mass is 35.5. The normalized spacial score (nSPS) is 14.4. The fraction of sp³-hybridized carbons (Fsp3) is 0.0345. The molecule has 0 atom stereocenters. The molecule has 1 aliphatic rings. The molecule has 5 rings (SSSR count). The molecule has 4 nitrogen and oxygen atoms in total. The highest BCUT2D eigenvalue weighted by Crippen LogP contribution is 2.28. The summed E-state index contributed by atoms with van der Waals surface area (Å²) in [6.07, 6.45) is 1.87. The van der Waals surface area contributed by atoms with Gasteiger partial charge in [0.25, 0.3) is 5.91 Å². The Morgan fingerprint density at radius 1 is 0.824 bits per heavy atom. The van der Waals surface area contributed by atoms with Crippen molar-refractivity contribution in [3.05, 3.63) is 136 Å². The number of para-hydroxylation sites is 1. The van der Waals surface area contributed by atoms with E-state index in [1.807, 2.05) is 115 Å². The first-order chi connectivity index (χ1) is 16.7. The standard InChI is InChI=1S/C29H21ClN2O2/c30-24-11-7-8-22(18-24)20-34-26-16-14-21(15-17-26)19-27-28(23-9-3-1-4-10-23)31-32(29(27)33)25-12-5-2-6-13-25/h1-19H,20H2/b27-19-. The van der Waals surface area contributed by atoms with E-state index in [1.165, 1.54) is 5.01 Å². The van der Waals surface area contributed by atoms with Crippen LogP contribution in [0, 0.1) is 0 Å². The lowest BCUT2D eigenvalue weighted by Gasteiger charge is -2.11. The van der Waals surface area contributed by atoms with Gasteiger partial charge in [-0.05, 0) is 53.6 Å². The molecule has 0 radical (unpaired) electrons. The molecule has 0 fully saturated rings. The summed E-state index contributed by atoms with van der Waals surface area (Å²) in [4.78, 5) is 13.4. The molecule has 0 N–H and O–H groups in total. The molecule has 0 bridgehead atoms. The summed E-state index contributed by atoms with van der Waals surface area (Å²) in [5, 5.41) is 6.81. The Labute approximate surface area is 203 Å². The fourth-order valence-electron chi connectivity index (χ4n) is 3.72. The van der Waals surface area contributed by atoms with Crippen LogP contribution in [-0.2, 0) is 11.4 Å². The van der Waals surface area contributed by atoms with Gasteiger partial charge in [-0.2, -0.15) is 10.1 Å². The van der Waals surface area contributed by atoms with Crippen LogP contribution in [0.3, 0.4) is 0 Å². The van der Waals surface area contributed by atoms with Crippen molar-refractivity contribution in [2.24, 2.45) is 5.10 Å². The topological polar surface area (TPSA) is 41.9 Å². The molecule has 1 amide bonds. The molecule has 0 saturated carbocycles. The summed E-state index contributed by atoms with van der Waals surface area (Å²) in [5.74, 6) is 0.578. The smallest absolute Gasteiger partial charge is 0.281 e. The van der Waals surface area contributed by atoms with Gasteiger partial charge in [0.05, 0.1) is 11.3 Å². The van der Waals surface area contributed by atoms with Crippen LogP contribution in [0.4, 0.5) is 5.69 Å². The molecule has 0 unspecified atom stereocenters. The maximum Gasteiger partial charge on any atom is 0.281 e. The van der Waals surface area contributed by atoms with E-state index in [0.717, 1.165) is 28.1 Å². The molecule has 0 spiro atoms. The summed E-state index contributed by atoms with van der Waals surface area (Å²) in [6, 6.07) is 34.4. The number of benzene rings is 4. The van der Waals surface area contributed by atoms with Gasteiger partial charge in [0.1, 0.15) is 18.1 Å². The number of halogens is 1. The predicted octanol–water partition coefficient (Wildman–Crippen LogP) is 6.75. The molecule has 5 heteroatoms. The Hall–Kier alpha value is -4.15. The van der Waals surface area contributed by atoms with Gasteiger partial charge in [0, 0.05) is 10.6 Å². The van der Waals surface area contributed by atoms with Crippen molar-refractivity contribution in [3.8, 4) is 5.75 Å². The molecule has 1 heterocycles. The van der Waals surface area contributed by atoms with Crippen LogP contribution in [0.1, 0.15) is 16.7 Å². The summed E-state index contributed by atoms with van der Waals surface area (Å²) in [7, 11) is 0. The van der Waals surface area contributed by atoms with Crippen molar-refractivity contribution in [3.63, 3.8) is 0 Å². The summed E-state index contributed by atoms with van der Waals surface area (Å²) in [5.41, 5.74) is 4.70. The van der Waals surface area contributed by atoms with E-state index in [1.54, 1.807) is 0 Å². The van der Waals surface area contributed by atoms with Crippen molar-refractivity contribution in [1.29, 1.82) is 0 Å². The van der Waals surface area contributed by atoms with Crippen LogP contribution in [0.25, 0.3) is 6.08 Å². The average molecular weight is 465 g/mol. The first-order valence-corrected chi connectivity index (χ1v) is 11.3. The van der Waals surface area contributed by atoms with E-state index >= 15 is 0 Å². The Morgan fingerprint density at radius 3 is 2.24 bits per heavy atom. The Bertz CT molecular complexity index is 1360. The third-order valence-electron chi connectivity index (χ3n) is 5.41. The number of hydrogen-bond donors (Lipinski definition) is 0. The van der Waals surface area contributed by atoms with Gasteiger partial charge in [0.15, 0.2) is 0 Å². The number of ether oxygens (including phenoxy) is 1. The van der Waals surface area contributed by atoms with Gasteiger partial charge < -0.3 is 4.74 Å². The van der Waals surface area contributed by atoms with Crippen LogP contribution >= 0.6 is 11.6 Å². The minimum atomic E-state index is -0.161. The lowest BCUT2D eigenvalue weighted by molar-refractivity contribution is -0.114. The van der Waals surface area contributed by atoms with Crippen molar-refractivity contribution in [2.75, 3.05) is 5.01 Å². The van der Waals surface area contributed by atoms with E-state index in [4.69, 9.17) is 16.3 Å². The number of hydrazone groups is 1. The minimum Gasteiger partial charge on any atom is -0.489 e. The zero-order chi connectivity index (χ0) is 23.3. The van der Waals surface area contributed by atoms with Crippen molar-refractivity contribution < 1.29 is 9.53 Å². The van der Waals surface area contributed by atoms with E-state index in [2.05, 4.69) is 5.10 Å². The highest BCUT2D eigenvalue weighted by molar-refractivity contribution is 6.37. The number of anilines is 1. The lowest BCUT2D eigenvalue weighted by Crippen LogP contribution is -2.21. The van der Waals surface area contributed by atoms with Crippen LogP contribution in [-0.4, -0.2) is 11.6 Å². The van der Waals surface area contributed by atoms with Crippen molar-refractivity contribution in [1.82, 2.24) is 0 Å². The molecule has 0 aliphatic carbocycles. The Kier molecular flexibility index (Phi) is 6.23. The zero-order valence-electron chi connectivity index (χ0n) is 18.3. The number of hydrogen-bond acceptors (Lipinski definition) is 3. The first-order valence-electron chi connectivity index (χ1n) is 10.9. The summed E-state index contributed by atoms with van der Waals surface area (Å²) in [6.45, 7) is 0.427. The average Bonchev–Trinajstić information content (AvgIpc) is 3.20. The van der Waals surface area contributed by atoms with Gasteiger partial charge in [-0.1, -0.05) is 84.4 Å². The van der Waals surface area contributed by atoms with Crippen molar-refractivity contribution in [2.45, 2.75) is 6.61 Å². The second-order valence-corrected chi connectivity index (χ2v) is 8.25. The third-order valence-corrected chi connectivity index (χ3v) is 5.65. The number of rotatable bonds is 6. The van der Waals surface area contributed by atoms with Crippen LogP contribution in [0.15, 0.2) is 120 Å². The number of carbonyl (C=O) groups excluding carboxylic acids is 1. The van der Waals surface area contributed by atoms with Crippen molar-refractivity contribution >= 4 is 35.0 Å². The molecular weight excluding hydrogens is 444 g/mol. The predicted molar refractivity (Wildman–Crippen MR) is 137 cm³/mol. The van der Waals surface area contributed by atoms with Gasteiger partial charge >= 0.3 is 0 Å². The Balaban J connectivity index is 1.40. The van der Waals surface area contributed by atoms with Crippen LogP contribution < -0.4 is 9.75 Å². The largest absolute Gasteiger partial charge is 0.489 e. The third kappa shape index (κ3) is 4.77. The number of carbonyl (C=O) groups is 1. The fourth-order valence-corrected chi connectivity index (χ4v) is 3.93. The molecular formula is C29H21ClN2O2. The maximum atomic E-state index is 13.4. The van der Waals surface area contributed by atoms with Gasteiger partial charge in [0.2, 0.25) is 0 Å². The molecule has 34 heavy (non-hydrogen) atoms. The molecule has 1 aliphatic heterocycles. The van der Waals surface area contributed by atoms with E-state index < -0.39 is 0 Å².